The Morgan fingerprint density at radius 2 is 1.50 bits per heavy atom. The molecule has 2 heteroatoms. The summed E-state index contributed by atoms with van der Waals surface area (Å²) in [5, 5.41) is 0. The topological polar surface area (TPSA) is 30.9 Å². The maximum absolute atomic E-state index is 4.13. The average molecular weight is 169 g/mol. The Morgan fingerprint density at radius 3 is 2.08 bits per heavy atom. The van der Waals surface area contributed by atoms with E-state index < -0.39 is 0 Å². The maximum atomic E-state index is 4.13. The molecule has 2 fully saturated rings. The number of quaternary nitrogens is 1. The molecule has 0 amide bonds. The van der Waals surface area contributed by atoms with Gasteiger partial charge in [0.05, 0.1) is 6.04 Å². The van der Waals surface area contributed by atoms with Gasteiger partial charge in [0.2, 0.25) is 0 Å². The molecule has 0 bridgehead atoms. The van der Waals surface area contributed by atoms with Gasteiger partial charge in [-0.15, -0.1) is 0 Å². The normalized spacial score (nSPS) is 29.8. The number of hydrogen-bond donors (Lipinski definition) is 1. The van der Waals surface area contributed by atoms with E-state index in [1.807, 2.05) is 0 Å². The molecule has 0 unspecified atom stereocenters. The summed E-state index contributed by atoms with van der Waals surface area (Å²) in [6.45, 7) is 2.64. The van der Waals surface area contributed by atoms with Crippen LogP contribution >= 0.6 is 0 Å². The van der Waals surface area contributed by atoms with E-state index in [4.69, 9.17) is 0 Å². The van der Waals surface area contributed by atoms with Gasteiger partial charge < -0.3 is 5.73 Å². The van der Waals surface area contributed by atoms with Crippen LogP contribution in [0.4, 0.5) is 0 Å². The largest absolute Gasteiger partial charge is 0.355 e. The van der Waals surface area contributed by atoms with Crippen molar-refractivity contribution in [1.29, 1.82) is 0 Å². The van der Waals surface area contributed by atoms with E-state index in [-0.39, 0.29) is 0 Å². The van der Waals surface area contributed by atoms with Crippen molar-refractivity contribution in [3.05, 3.63) is 0 Å². The van der Waals surface area contributed by atoms with Crippen molar-refractivity contribution in [2.45, 2.75) is 50.6 Å². The van der Waals surface area contributed by atoms with Gasteiger partial charge in [0.15, 0.2) is 0 Å². The molecule has 0 atom stereocenters. The Bertz CT molecular complexity index is 133. The molecule has 1 heterocycles. The molecular formula is C10H21N2+. The SMILES string of the molecule is [NH3+]C1CCN(C2CCCC2)CC1. The quantitative estimate of drug-likeness (QED) is 0.613. The standard InChI is InChI=1S/C10H20N2/c11-9-5-7-12(8-6-9)10-3-1-2-4-10/h9-10H,1-8,11H2/p+1. The second-order valence-corrected chi connectivity index (χ2v) is 4.42. The Hall–Kier alpha value is -0.0800. The van der Waals surface area contributed by atoms with E-state index in [2.05, 4.69) is 10.6 Å². The summed E-state index contributed by atoms with van der Waals surface area (Å²) >= 11 is 0. The molecule has 0 aromatic heterocycles. The van der Waals surface area contributed by atoms with Crippen LogP contribution in [0, 0.1) is 0 Å². The number of likely N-dealkylation sites (tertiary alicyclic amines) is 1. The number of piperidine rings is 1. The fourth-order valence-electron chi connectivity index (χ4n) is 2.59. The highest BCUT2D eigenvalue weighted by Crippen LogP contribution is 2.25. The molecule has 1 saturated heterocycles. The molecule has 0 spiro atoms. The third kappa shape index (κ3) is 1.80. The second kappa shape index (κ2) is 3.75. The van der Waals surface area contributed by atoms with E-state index in [9.17, 15) is 0 Å². The third-order valence-corrected chi connectivity index (χ3v) is 3.49. The molecule has 0 aromatic rings. The van der Waals surface area contributed by atoms with E-state index >= 15 is 0 Å². The molecule has 1 aliphatic carbocycles. The number of nitrogens with zero attached hydrogens (tertiary/aromatic N) is 1. The summed E-state index contributed by atoms with van der Waals surface area (Å²) in [6, 6.07) is 1.68. The highest BCUT2D eigenvalue weighted by Gasteiger charge is 2.26. The van der Waals surface area contributed by atoms with E-state index in [0.717, 1.165) is 12.1 Å². The Morgan fingerprint density at radius 1 is 0.917 bits per heavy atom. The van der Waals surface area contributed by atoms with E-state index in [0.29, 0.717) is 0 Å². The smallest absolute Gasteiger partial charge is 0.0868 e. The Kier molecular flexibility index (Phi) is 2.66. The molecule has 12 heavy (non-hydrogen) atoms. The van der Waals surface area contributed by atoms with Crippen LogP contribution in [0.3, 0.4) is 0 Å². The minimum Gasteiger partial charge on any atom is -0.355 e. The fourth-order valence-corrected chi connectivity index (χ4v) is 2.59. The van der Waals surface area contributed by atoms with Gasteiger partial charge in [0.1, 0.15) is 0 Å². The molecule has 2 nitrogen and oxygen atoms in total. The monoisotopic (exact) mass is 169 g/mol. The van der Waals surface area contributed by atoms with Gasteiger partial charge in [-0.25, -0.2) is 0 Å². The number of rotatable bonds is 1. The van der Waals surface area contributed by atoms with Gasteiger partial charge in [-0.2, -0.15) is 0 Å². The van der Waals surface area contributed by atoms with Gasteiger partial charge >= 0.3 is 0 Å². The lowest BCUT2D eigenvalue weighted by atomic mass is 10.0. The molecular weight excluding hydrogens is 148 g/mol. The molecule has 70 valence electrons. The number of hydrogen-bond acceptors (Lipinski definition) is 1. The molecule has 2 aliphatic rings. The molecule has 2 rings (SSSR count). The van der Waals surface area contributed by atoms with E-state index in [1.54, 1.807) is 0 Å². The first kappa shape index (κ1) is 8.52. The van der Waals surface area contributed by atoms with Crippen LogP contribution in [0.5, 0.6) is 0 Å². The van der Waals surface area contributed by atoms with Crippen LogP contribution in [0.1, 0.15) is 38.5 Å². The summed E-state index contributed by atoms with van der Waals surface area (Å²) < 4.78 is 0. The summed E-state index contributed by atoms with van der Waals surface area (Å²) in [4.78, 5) is 2.70. The highest BCUT2D eigenvalue weighted by atomic mass is 15.2. The first-order valence-electron chi connectivity index (χ1n) is 5.43. The van der Waals surface area contributed by atoms with Gasteiger partial charge in [-0.1, -0.05) is 12.8 Å². The van der Waals surface area contributed by atoms with Gasteiger partial charge in [0, 0.05) is 32.0 Å². The minimum atomic E-state index is 0.739. The van der Waals surface area contributed by atoms with Crippen LogP contribution in [0.15, 0.2) is 0 Å². The van der Waals surface area contributed by atoms with Crippen LogP contribution in [-0.4, -0.2) is 30.1 Å². The summed E-state index contributed by atoms with van der Waals surface area (Å²) in [6.07, 6.45) is 8.51. The molecule has 0 aromatic carbocycles. The zero-order chi connectivity index (χ0) is 8.39. The Labute approximate surface area is 75.1 Å². The highest BCUT2D eigenvalue weighted by molar-refractivity contribution is 4.81. The summed E-state index contributed by atoms with van der Waals surface area (Å²) in [5.41, 5.74) is 4.13. The van der Waals surface area contributed by atoms with Crippen molar-refractivity contribution < 1.29 is 5.73 Å². The lowest BCUT2D eigenvalue weighted by molar-refractivity contribution is -0.426. The third-order valence-electron chi connectivity index (χ3n) is 3.49. The van der Waals surface area contributed by atoms with Gasteiger partial charge in [-0.3, -0.25) is 4.90 Å². The minimum absolute atomic E-state index is 0.739. The van der Waals surface area contributed by atoms with Crippen LogP contribution in [0.2, 0.25) is 0 Å². The van der Waals surface area contributed by atoms with Crippen molar-refractivity contribution in [2.24, 2.45) is 0 Å². The second-order valence-electron chi connectivity index (χ2n) is 4.42. The first-order valence-corrected chi connectivity index (χ1v) is 5.43. The van der Waals surface area contributed by atoms with Gasteiger partial charge in [0.25, 0.3) is 0 Å². The zero-order valence-electron chi connectivity index (χ0n) is 7.97. The van der Waals surface area contributed by atoms with Crippen molar-refractivity contribution in [3.63, 3.8) is 0 Å². The van der Waals surface area contributed by atoms with Crippen LogP contribution in [-0.2, 0) is 0 Å². The Balaban J connectivity index is 1.80. The van der Waals surface area contributed by atoms with Crippen molar-refractivity contribution >= 4 is 0 Å². The molecule has 3 N–H and O–H groups in total. The van der Waals surface area contributed by atoms with Gasteiger partial charge in [-0.05, 0) is 12.8 Å². The molecule has 1 saturated carbocycles. The lowest BCUT2D eigenvalue weighted by Gasteiger charge is -2.33. The maximum Gasteiger partial charge on any atom is 0.0868 e. The van der Waals surface area contributed by atoms with Crippen LogP contribution in [0.25, 0.3) is 0 Å². The molecule has 1 aliphatic heterocycles. The fraction of sp³-hybridized carbons (Fsp3) is 1.00. The lowest BCUT2D eigenvalue weighted by Crippen LogP contribution is -2.64. The molecule has 0 radical (unpaired) electrons. The van der Waals surface area contributed by atoms with Crippen LogP contribution < -0.4 is 5.73 Å². The summed E-state index contributed by atoms with van der Waals surface area (Å²) in [7, 11) is 0. The first-order chi connectivity index (χ1) is 5.86. The zero-order valence-corrected chi connectivity index (χ0v) is 7.97. The van der Waals surface area contributed by atoms with Crippen molar-refractivity contribution in [1.82, 2.24) is 4.90 Å². The predicted octanol–water partition coefficient (Wildman–Crippen LogP) is 0.635. The average Bonchev–Trinajstić information content (AvgIpc) is 2.58. The predicted molar refractivity (Wildman–Crippen MR) is 49.7 cm³/mol. The summed E-state index contributed by atoms with van der Waals surface area (Å²) in [5.74, 6) is 0. The van der Waals surface area contributed by atoms with E-state index in [1.165, 1.54) is 51.6 Å². The van der Waals surface area contributed by atoms with Crippen molar-refractivity contribution in [2.75, 3.05) is 13.1 Å². The van der Waals surface area contributed by atoms with Crippen molar-refractivity contribution in [3.8, 4) is 0 Å².